The summed E-state index contributed by atoms with van der Waals surface area (Å²) in [6.07, 6.45) is 3.80. The number of ether oxygens (including phenoxy) is 3. The molecular weight excluding hydrogens is 381 g/mol. The van der Waals surface area contributed by atoms with E-state index < -0.39 is 0 Å². The van der Waals surface area contributed by atoms with Gasteiger partial charge < -0.3 is 19.5 Å². The van der Waals surface area contributed by atoms with Crippen LogP contribution < -0.4 is 14.8 Å². The standard InChI is InChI=1S/C17H17Cl2N3O4/c1-24-14-4-10(7-21-17(14)19)5-16(23)22-15-6-13(12(18)8-20-15)26-11-2-3-25-9-11/h4,6-8,11H,2-3,5,9H2,1H3,(H,20,22,23)/t11-/m1/s1. The zero-order chi connectivity index (χ0) is 18.5. The lowest BCUT2D eigenvalue weighted by Crippen LogP contribution is -2.18. The topological polar surface area (TPSA) is 82.6 Å². The van der Waals surface area contributed by atoms with Crippen molar-refractivity contribution < 1.29 is 19.0 Å². The van der Waals surface area contributed by atoms with Gasteiger partial charge >= 0.3 is 0 Å². The number of methoxy groups -OCH3 is 1. The second-order valence-electron chi connectivity index (χ2n) is 5.67. The highest BCUT2D eigenvalue weighted by Gasteiger charge is 2.19. The predicted octanol–water partition coefficient (Wildman–Crippen LogP) is 3.14. The van der Waals surface area contributed by atoms with Gasteiger partial charge in [-0.25, -0.2) is 9.97 Å². The minimum absolute atomic E-state index is 0.0499. The first-order chi connectivity index (χ1) is 12.5. The number of aromatic nitrogens is 2. The molecule has 1 aliphatic heterocycles. The summed E-state index contributed by atoms with van der Waals surface area (Å²) in [6.45, 7) is 1.18. The summed E-state index contributed by atoms with van der Waals surface area (Å²) in [6, 6.07) is 3.26. The van der Waals surface area contributed by atoms with Crippen LogP contribution in [0.1, 0.15) is 12.0 Å². The Labute approximate surface area is 160 Å². The molecule has 1 fully saturated rings. The highest BCUT2D eigenvalue weighted by atomic mass is 35.5. The van der Waals surface area contributed by atoms with Crippen molar-refractivity contribution in [3.8, 4) is 11.5 Å². The molecule has 138 valence electrons. The van der Waals surface area contributed by atoms with E-state index in [0.29, 0.717) is 41.1 Å². The van der Waals surface area contributed by atoms with Gasteiger partial charge in [-0.3, -0.25) is 4.79 Å². The quantitative estimate of drug-likeness (QED) is 0.753. The molecule has 1 N–H and O–H groups in total. The highest BCUT2D eigenvalue weighted by Crippen LogP contribution is 2.28. The van der Waals surface area contributed by atoms with Crippen molar-refractivity contribution in [3.63, 3.8) is 0 Å². The van der Waals surface area contributed by atoms with Crippen LogP contribution in [0.25, 0.3) is 0 Å². The van der Waals surface area contributed by atoms with Crippen LogP contribution in [-0.4, -0.2) is 42.3 Å². The number of carbonyl (C=O) groups is 1. The fraction of sp³-hybridized carbons (Fsp3) is 0.353. The Morgan fingerprint density at radius 2 is 2.15 bits per heavy atom. The molecule has 0 unspecified atom stereocenters. The Morgan fingerprint density at radius 1 is 1.31 bits per heavy atom. The molecule has 0 radical (unpaired) electrons. The molecule has 3 rings (SSSR count). The summed E-state index contributed by atoms with van der Waals surface area (Å²) < 4.78 is 16.2. The van der Waals surface area contributed by atoms with E-state index in [0.717, 1.165) is 6.42 Å². The Bertz CT molecular complexity index is 798. The molecule has 9 heteroatoms. The lowest BCUT2D eigenvalue weighted by molar-refractivity contribution is -0.115. The first kappa shape index (κ1) is 18.7. The molecule has 3 heterocycles. The minimum Gasteiger partial charge on any atom is -0.494 e. The van der Waals surface area contributed by atoms with Crippen molar-refractivity contribution in [3.05, 3.63) is 40.3 Å². The third kappa shape index (κ3) is 4.75. The van der Waals surface area contributed by atoms with Crippen molar-refractivity contribution in [1.82, 2.24) is 9.97 Å². The van der Waals surface area contributed by atoms with Gasteiger partial charge in [0.05, 0.1) is 32.9 Å². The first-order valence-electron chi connectivity index (χ1n) is 7.93. The molecular formula is C17H17Cl2N3O4. The molecule has 2 aromatic heterocycles. The van der Waals surface area contributed by atoms with E-state index in [9.17, 15) is 4.79 Å². The Hall–Kier alpha value is -2.09. The molecule has 26 heavy (non-hydrogen) atoms. The van der Waals surface area contributed by atoms with Gasteiger partial charge in [0.2, 0.25) is 5.91 Å². The summed E-state index contributed by atoms with van der Waals surface area (Å²) in [5.74, 6) is 0.960. The maximum absolute atomic E-state index is 12.3. The monoisotopic (exact) mass is 397 g/mol. The zero-order valence-electron chi connectivity index (χ0n) is 14.0. The number of anilines is 1. The molecule has 0 bridgehead atoms. The highest BCUT2D eigenvalue weighted by molar-refractivity contribution is 6.32. The molecule has 0 aromatic carbocycles. The second-order valence-corrected chi connectivity index (χ2v) is 6.43. The molecule has 1 atom stereocenters. The van der Waals surface area contributed by atoms with Crippen LogP contribution in [0.2, 0.25) is 10.2 Å². The van der Waals surface area contributed by atoms with Gasteiger partial charge in [0, 0.05) is 18.7 Å². The van der Waals surface area contributed by atoms with E-state index in [-0.39, 0.29) is 23.6 Å². The fourth-order valence-electron chi connectivity index (χ4n) is 2.44. The van der Waals surface area contributed by atoms with Crippen LogP contribution in [-0.2, 0) is 16.0 Å². The number of nitrogens with zero attached hydrogens (tertiary/aromatic N) is 2. The van der Waals surface area contributed by atoms with Gasteiger partial charge in [0.25, 0.3) is 0 Å². The Morgan fingerprint density at radius 3 is 2.88 bits per heavy atom. The molecule has 1 amide bonds. The average Bonchev–Trinajstić information content (AvgIpc) is 3.12. The van der Waals surface area contributed by atoms with Crippen LogP contribution in [0.5, 0.6) is 11.5 Å². The fourth-order valence-corrected chi connectivity index (χ4v) is 2.77. The summed E-state index contributed by atoms with van der Waals surface area (Å²) in [4.78, 5) is 20.4. The van der Waals surface area contributed by atoms with Gasteiger partial charge in [0.1, 0.15) is 22.7 Å². The zero-order valence-corrected chi connectivity index (χ0v) is 15.5. The minimum atomic E-state index is -0.263. The first-order valence-corrected chi connectivity index (χ1v) is 8.69. The molecule has 0 spiro atoms. The predicted molar refractivity (Wildman–Crippen MR) is 97.2 cm³/mol. The Kier molecular flexibility index (Phi) is 6.13. The van der Waals surface area contributed by atoms with Crippen LogP contribution in [0.4, 0.5) is 5.82 Å². The molecule has 7 nitrogen and oxygen atoms in total. The van der Waals surface area contributed by atoms with Gasteiger partial charge in [0.15, 0.2) is 10.9 Å². The second kappa shape index (κ2) is 8.53. The van der Waals surface area contributed by atoms with Crippen molar-refractivity contribution in [1.29, 1.82) is 0 Å². The number of nitrogens with one attached hydrogen (secondary N) is 1. The summed E-state index contributed by atoms with van der Waals surface area (Å²) in [5.41, 5.74) is 0.664. The third-order valence-electron chi connectivity index (χ3n) is 3.72. The lowest BCUT2D eigenvalue weighted by Gasteiger charge is -2.14. The number of rotatable bonds is 6. The van der Waals surface area contributed by atoms with E-state index >= 15 is 0 Å². The van der Waals surface area contributed by atoms with Crippen molar-refractivity contribution in [2.75, 3.05) is 25.6 Å². The summed E-state index contributed by atoms with van der Waals surface area (Å²) >= 11 is 12.0. The molecule has 0 aliphatic carbocycles. The van der Waals surface area contributed by atoms with Crippen LogP contribution in [0, 0.1) is 0 Å². The van der Waals surface area contributed by atoms with Gasteiger partial charge in [-0.05, 0) is 11.6 Å². The van der Waals surface area contributed by atoms with Gasteiger partial charge in [-0.1, -0.05) is 23.2 Å². The summed E-state index contributed by atoms with van der Waals surface area (Å²) in [5, 5.41) is 3.33. The lowest BCUT2D eigenvalue weighted by atomic mass is 10.2. The van der Waals surface area contributed by atoms with Crippen LogP contribution >= 0.6 is 23.2 Å². The maximum Gasteiger partial charge on any atom is 0.230 e. The molecule has 1 aliphatic rings. The van der Waals surface area contributed by atoms with E-state index in [1.807, 2.05) is 0 Å². The van der Waals surface area contributed by atoms with Crippen molar-refractivity contribution >= 4 is 34.9 Å². The largest absolute Gasteiger partial charge is 0.494 e. The summed E-state index contributed by atoms with van der Waals surface area (Å²) in [7, 11) is 1.49. The number of amides is 1. The molecule has 2 aromatic rings. The number of hydrogen-bond donors (Lipinski definition) is 1. The van der Waals surface area contributed by atoms with Crippen molar-refractivity contribution in [2.24, 2.45) is 0 Å². The SMILES string of the molecule is COc1cc(CC(=O)Nc2cc(O[C@@H]3CCOC3)c(Cl)cn2)cnc1Cl. The number of pyridine rings is 2. The normalized spacial score (nSPS) is 16.3. The Balaban J connectivity index is 1.65. The maximum atomic E-state index is 12.3. The number of carbonyl (C=O) groups excluding carboxylic acids is 1. The van der Waals surface area contributed by atoms with E-state index in [4.69, 9.17) is 37.4 Å². The van der Waals surface area contributed by atoms with Gasteiger partial charge in [-0.15, -0.1) is 0 Å². The van der Waals surface area contributed by atoms with E-state index in [1.54, 1.807) is 12.1 Å². The smallest absolute Gasteiger partial charge is 0.230 e. The third-order valence-corrected chi connectivity index (χ3v) is 4.29. The molecule has 1 saturated heterocycles. The number of hydrogen-bond acceptors (Lipinski definition) is 6. The average molecular weight is 398 g/mol. The van der Waals surface area contributed by atoms with Crippen LogP contribution in [0.15, 0.2) is 24.5 Å². The van der Waals surface area contributed by atoms with Gasteiger partial charge in [-0.2, -0.15) is 0 Å². The molecule has 0 saturated carbocycles. The van der Waals surface area contributed by atoms with Crippen molar-refractivity contribution in [2.45, 2.75) is 18.9 Å². The van der Waals surface area contributed by atoms with Crippen LogP contribution in [0.3, 0.4) is 0 Å². The number of halogens is 2. The van der Waals surface area contributed by atoms with E-state index in [2.05, 4.69) is 15.3 Å². The van der Waals surface area contributed by atoms with E-state index in [1.165, 1.54) is 19.5 Å².